The van der Waals surface area contributed by atoms with Gasteiger partial charge in [-0.05, 0) is 18.9 Å². The molecule has 3 rings (SSSR count). The number of nitrogens with one attached hydrogen (secondary N) is 1. The van der Waals surface area contributed by atoms with Crippen LogP contribution >= 0.6 is 0 Å². The molecule has 2 heterocycles. The number of alkyl halides is 2. The molecule has 1 fully saturated rings. The van der Waals surface area contributed by atoms with E-state index in [0.717, 1.165) is 25.7 Å². The quantitative estimate of drug-likeness (QED) is 0.806. The lowest BCUT2D eigenvalue weighted by Gasteiger charge is -2.21. The van der Waals surface area contributed by atoms with Crippen molar-refractivity contribution in [2.45, 2.75) is 44.4 Å². The average molecular weight is 377 g/mol. The molecule has 1 aliphatic carbocycles. The summed E-state index contributed by atoms with van der Waals surface area (Å²) in [5.41, 5.74) is 6.09. The second kappa shape index (κ2) is 7.99. The van der Waals surface area contributed by atoms with E-state index in [-0.39, 0.29) is 29.3 Å². The van der Waals surface area contributed by atoms with E-state index in [1.165, 1.54) is 18.3 Å². The maximum Gasteiger partial charge on any atom is 0.388 e. The molecule has 1 saturated carbocycles. The SMILES string of the molecule is C#[N+][C@H]1CCCC[C@@H]1n1cc(C(N)=O)c(Nc2ccc(OC(F)F)nc2)n1. The molecule has 0 aliphatic heterocycles. The Morgan fingerprint density at radius 1 is 1.41 bits per heavy atom. The number of hydrogen-bond acceptors (Lipinski definition) is 5. The fraction of sp³-hybridized carbons (Fsp3) is 0.412. The van der Waals surface area contributed by atoms with Crippen LogP contribution in [-0.4, -0.2) is 33.3 Å². The highest BCUT2D eigenvalue weighted by Gasteiger charge is 2.35. The third kappa shape index (κ3) is 4.31. The normalized spacial score (nSPS) is 19.5. The highest BCUT2D eigenvalue weighted by Crippen LogP contribution is 2.32. The molecule has 0 unspecified atom stereocenters. The Hall–Kier alpha value is -3.22. The van der Waals surface area contributed by atoms with Crippen molar-refractivity contribution in [1.82, 2.24) is 14.8 Å². The van der Waals surface area contributed by atoms with Crippen LogP contribution in [0, 0.1) is 6.57 Å². The highest BCUT2D eigenvalue weighted by molar-refractivity contribution is 5.98. The zero-order chi connectivity index (χ0) is 19.4. The number of ether oxygens (including phenoxy) is 1. The topological polar surface area (TPSA) is 99.4 Å². The summed E-state index contributed by atoms with van der Waals surface area (Å²) in [7, 11) is 0. The van der Waals surface area contributed by atoms with Gasteiger partial charge >= 0.3 is 6.61 Å². The standard InChI is InChI=1S/C17H18F2N6O2/c1-21-12-4-2-3-5-13(12)25-9-11(15(20)26)16(24-25)23-10-6-7-14(22-8-10)27-17(18)19/h1,6-9,12-13,17H,2-5H2,(H2-,20,23,24,26)/p+1/t12-,13-/m0/s1. The number of rotatable bonds is 6. The number of primary amides is 1. The second-order valence-electron chi connectivity index (χ2n) is 6.19. The van der Waals surface area contributed by atoms with Crippen molar-refractivity contribution >= 4 is 17.4 Å². The smallest absolute Gasteiger partial charge is 0.388 e. The minimum absolute atomic E-state index is 0.0580. The van der Waals surface area contributed by atoms with Gasteiger partial charge in [0.15, 0.2) is 5.82 Å². The maximum atomic E-state index is 12.2. The van der Waals surface area contributed by atoms with Crippen LogP contribution in [-0.2, 0) is 0 Å². The van der Waals surface area contributed by atoms with E-state index in [0.29, 0.717) is 5.69 Å². The molecule has 0 spiro atoms. The predicted octanol–water partition coefficient (Wildman–Crippen LogP) is 3.17. The summed E-state index contributed by atoms with van der Waals surface area (Å²) in [5, 5.41) is 7.36. The van der Waals surface area contributed by atoms with Crippen molar-refractivity contribution in [3.63, 3.8) is 0 Å². The van der Waals surface area contributed by atoms with Gasteiger partial charge in [0, 0.05) is 18.7 Å². The number of nitrogens with zero attached hydrogens (tertiary/aromatic N) is 4. The van der Waals surface area contributed by atoms with Gasteiger partial charge in [0.05, 0.1) is 11.9 Å². The van der Waals surface area contributed by atoms with E-state index in [1.807, 2.05) is 0 Å². The van der Waals surface area contributed by atoms with Gasteiger partial charge in [0.2, 0.25) is 5.88 Å². The van der Waals surface area contributed by atoms with Crippen LogP contribution in [0.25, 0.3) is 4.85 Å². The first kappa shape index (κ1) is 18.6. The minimum Gasteiger partial charge on any atom is -0.417 e. The van der Waals surface area contributed by atoms with Gasteiger partial charge in [-0.2, -0.15) is 13.9 Å². The molecule has 0 bridgehead atoms. The Morgan fingerprint density at radius 2 is 2.19 bits per heavy atom. The van der Waals surface area contributed by atoms with Crippen LogP contribution in [0.2, 0.25) is 0 Å². The zero-order valence-corrected chi connectivity index (χ0v) is 14.4. The van der Waals surface area contributed by atoms with E-state index in [9.17, 15) is 13.6 Å². The first-order chi connectivity index (χ1) is 13.0. The maximum absolute atomic E-state index is 12.2. The van der Waals surface area contributed by atoms with Gasteiger partial charge in [0.25, 0.3) is 18.5 Å². The van der Waals surface area contributed by atoms with Gasteiger partial charge in [0.1, 0.15) is 11.6 Å². The van der Waals surface area contributed by atoms with Crippen molar-refractivity contribution in [3.05, 3.63) is 34.9 Å². The van der Waals surface area contributed by atoms with Gasteiger partial charge in [-0.25, -0.2) is 4.98 Å². The van der Waals surface area contributed by atoms with Crippen LogP contribution < -0.4 is 15.8 Å². The molecule has 1 amide bonds. The fourth-order valence-electron chi connectivity index (χ4n) is 3.16. The van der Waals surface area contributed by atoms with Crippen molar-refractivity contribution in [2.24, 2.45) is 5.73 Å². The van der Waals surface area contributed by atoms with E-state index in [1.54, 1.807) is 10.9 Å². The van der Waals surface area contributed by atoms with E-state index >= 15 is 0 Å². The second-order valence-corrected chi connectivity index (χ2v) is 6.19. The van der Waals surface area contributed by atoms with E-state index < -0.39 is 12.5 Å². The van der Waals surface area contributed by atoms with Gasteiger partial charge in [-0.15, -0.1) is 0 Å². The zero-order valence-electron chi connectivity index (χ0n) is 14.4. The Morgan fingerprint density at radius 3 is 2.81 bits per heavy atom. The van der Waals surface area contributed by atoms with Crippen LogP contribution in [0.3, 0.4) is 0 Å². The summed E-state index contributed by atoms with van der Waals surface area (Å²) in [5.74, 6) is -0.620. The molecule has 3 N–H and O–H groups in total. The Balaban J connectivity index is 1.83. The molecule has 8 nitrogen and oxygen atoms in total. The van der Waals surface area contributed by atoms with Crippen molar-refractivity contribution in [1.29, 1.82) is 0 Å². The summed E-state index contributed by atoms with van der Waals surface area (Å²) >= 11 is 0. The number of aromatic nitrogens is 3. The molecule has 0 saturated heterocycles. The number of nitrogens with two attached hydrogens (primary N) is 1. The highest BCUT2D eigenvalue weighted by atomic mass is 19.3. The summed E-state index contributed by atoms with van der Waals surface area (Å²) < 4.78 is 30.2. The van der Waals surface area contributed by atoms with E-state index in [4.69, 9.17) is 12.3 Å². The van der Waals surface area contributed by atoms with Crippen LogP contribution in [0.1, 0.15) is 42.1 Å². The Kier molecular flexibility index (Phi) is 5.49. The lowest BCUT2D eigenvalue weighted by atomic mass is 9.91. The Bertz CT molecular complexity index is 846. The van der Waals surface area contributed by atoms with Crippen LogP contribution in [0.4, 0.5) is 20.3 Å². The molecule has 27 heavy (non-hydrogen) atoms. The number of pyridine rings is 1. The minimum atomic E-state index is -2.95. The molecule has 2 atom stereocenters. The number of anilines is 2. The molecule has 2 aromatic rings. The van der Waals surface area contributed by atoms with Crippen molar-refractivity contribution in [3.8, 4) is 12.5 Å². The summed E-state index contributed by atoms with van der Waals surface area (Å²) in [4.78, 5) is 19.5. The number of amides is 1. The summed E-state index contributed by atoms with van der Waals surface area (Å²) in [6.45, 7) is 2.56. The largest absolute Gasteiger partial charge is 0.417 e. The first-order valence-electron chi connectivity index (χ1n) is 8.45. The summed E-state index contributed by atoms with van der Waals surface area (Å²) in [6, 6.07) is 2.62. The molecular formula is C17H19F2N6O2+. The molecule has 2 aromatic heterocycles. The third-order valence-electron chi connectivity index (χ3n) is 4.43. The van der Waals surface area contributed by atoms with Gasteiger partial charge in [-0.3, -0.25) is 9.48 Å². The molecule has 10 heteroatoms. The molecule has 1 aliphatic rings. The molecule has 0 aromatic carbocycles. The number of carbonyl (C=O) groups is 1. The number of carbonyl (C=O) groups excluding carboxylic acids is 1. The lowest BCUT2D eigenvalue weighted by molar-refractivity contribution is -0.0528. The molecular weight excluding hydrogens is 358 g/mol. The summed E-state index contributed by atoms with van der Waals surface area (Å²) in [6.07, 6.45) is 6.61. The van der Waals surface area contributed by atoms with Crippen LogP contribution in [0.15, 0.2) is 24.5 Å². The van der Waals surface area contributed by atoms with Crippen molar-refractivity contribution in [2.75, 3.05) is 5.32 Å². The number of halogens is 2. The van der Waals surface area contributed by atoms with Crippen LogP contribution in [0.5, 0.6) is 5.88 Å². The lowest BCUT2D eigenvalue weighted by Crippen LogP contribution is -2.25. The monoisotopic (exact) mass is 377 g/mol. The third-order valence-corrected chi connectivity index (χ3v) is 4.43. The Labute approximate surface area is 154 Å². The van der Waals surface area contributed by atoms with Crippen molar-refractivity contribution < 1.29 is 18.3 Å². The number of hydrogen-bond donors (Lipinski definition) is 2. The van der Waals surface area contributed by atoms with Gasteiger partial charge in [-0.1, -0.05) is 11.3 Å². The fourth-order valence-corrected chi connectivity index (χ4v) is 3.16. The van der Waals surface area contributed by atoms with Gasteiger partial charge < -0.3 is 15.8 Å². The molecule has 0 radical (unpaired) electrons. The first-order valence-corrected chi connectivity index (χ1v) is 8.45. The predicted molar refractivity (Wildman–Crippen MR) is 94.5 cm³/mol. The molecule has 142 valence electrons. The average Bonchev–Trinajstić information content (AvgIpc) is 3.07. The van der Waals surface area contributed by atoms with E-state index in [2.05, 4.69) is 25.0 Å².